The monoisotopic (exact) mass is 392 g/mol. The number of hydrogen-bond acceptors (Lipinski definition) is 5. The van der Waals surface area contributed by atoms with Crippen LogP contribution in [0.4, 0.5) is 0 Å². The minimum Gasteiger partial charge on any atom is -0.490 e. The lowest BCUT2D eigenvalue weighted by Crippen LogP contribution is -2.37. The molecule has 2 atom stereocenters. The first-order valence-electron chi connectivity index (χ1n) is 10.8. The number of nitrogens with one attached hydrogen (secondary N) is 1. The van der Waals surface area contributed by atoms with Crippen molar-refractivity contribution in [2.24, 2.45) is 0 Å². The Labute approximate surface area is 171 Å². The minimum absolute atomic E-state index is 0.210. The van der Waals surface area contributed by atoms with Crippen LogP contribution in [0.3, 0.4) is 0 Å². The van der Waals surface area contributed by atoms with Crippen LogP contribution in [0.25, 0.3) is 0 Å². The molecule has 6 nitrogen and oxygen atoms in total. The second-order valence-electron chi connectivity index (χ2n) is 8.49. The van der Waals surface area contributed by atoms with Crippen LogP contribution in [0.5, 0.6) is 5.75 Å². The highest BCUT2D eigenvalue weighted by molar-refractivity contribution is 5.76. The molecule has 3 aliphatic rings. The molecule has 1 fully saturated rings. The molecule has 1 aromatic carbocycles. The summed E-state index contributed by atoms with van der Waals surface area (Å²) in [6.07, 6.45) is 7.56. The SMILES string of the molecule is C[C@H]1Cc2cc(CCC(=O)N3CCc4nc([C@@H]5CCCN5)ncc4C3)ccc2O1. The molecule has 1 saturated heterocycles. The maximum absolute atomic E-state index is 12.8. The van der Waals surface area contributed by atoms with Crippen molar-refractivity contribution >= 4 is 5.91 Å². The summed E-state index contributed by atoms with van der Waals surface area (Å²) in [5.41, 5.74) is 4.68. The summed E-state index contributed by atoms with van der Waals surface area (Å²) in [5, 5.41) is 3.46. The molecule has 152 valence electrons. The zero-order chi connectivity index (χ0) is 19.8. The van der Waals surface area contributed by atoms with Crippen LogP contribution in [0.1, 0.15) is 60.4 Å². The largest absolute Gasteiger partial charge is 0.490 e. The fraction of sp³-hybridized carbons (Fsp3) is 0.522. The van der Waals surface area contributed by atoms with Crippen LogP contribution in [0.2, 0.25) is 0 Å². The third kappa shape index (κ3) is 3.86. The van der Waals surface area contributed by atoms with Crippen LogP contribution >= 0.6 is 0 Å². The minimum atomic E-state index is 0.210. The molecule has 1 aromatic heterocycles. The smallest absolute Gasteiger partial charge is 0.223 e. The number of rotatable bonds is 4. The number of nitrogens with zero attached hydrogens (tertiary/aromatic N) is 3. The van der Waals surface area contributed by atoms with Gasteiger partial charge in [0.25, 0.3) is 0 Å². The first kappa shape index (κ1) is 18.6. The summed E-state index contributed by atoms with van der Waals surface area (Å²) < 4.78 is 5.77. The number of benzene rings is 1. The zero-order valence-corrected chi connectivity index (χ0v) is 17.0. The molecule has 0 aliphatic carbocycles. The highest BCUT2D eigenvalue weighted by atomic mass is 16.5. The van der Waals surface area contributed by atoms with E-state index in [9.17, 15) is 4.79 Å². The first-order valence-corrected chi connectivity index (χ1v) is 10.8. The van der Waals surface area contributed by atoms with Gasteiger partial charge in [-0.15, -0.1) is 0 Å². The number of carbonyl (C=O) groups excluding carboxylic acids is 1. The van der Waals surface area contributed by atoms with Gasteiger partial charge in [-0.2, -0.15) is 0 Å². The Morgan fingerprint density at radius 3 is 3.14 bits per heavy atom. The Morgan fingerprint density at radius 1 is 1.34 bits per heavy atom. The molecule has 1 N–H and O–H groups in total. The topological polar surface area (TPSA) is 67.4 Å². The molecule has 29 heavy (non-hydrogen) atoms. The number of aryl methyl sites for hydroxylation is 1. The molecule has 1 amide bonds. The van der Waals surface area contributed by atoms with Crippen LogP contribution in [-0.4, -0.2) is 40.0 Å². The molecular weight excluding hydrogens is 364 g/mol. The standard InChI is InChI=1S/C23H28N4O2/c1-15-11-17-12-16(4-6-21(17)29-15)5-7-22(28)27-10-8-19-18(14-27)13-25-23(26-19)20-3-2-9-24-20/h4,6,12-13,15,20,24H,2-3,5,7-11,14H2,1H3/t15-,20-/m0/s1. The first-order chi connectivity index (χ1) is 14.2. The molecule has 0 radical (unpaired) electrons. The summed E-state index contributed by atoms with van der Waals surface area (Å²) >= 11 is 0. The van der Waals surface area contributed by atoms with Crippen molar-refractivity contribution in [3.05, 3.63) is 52.6 Å². The number of aromatic nitrogens is 2. The van der Waals surface area contributed by atoms with Gasteiger partial charge < -0.3 is 15.0 Å². The molecule has 0 bridgehead atoms. The van der Waals surface area contributed by atoms with E-state index >= 15 is 0 Å². The summed E-state index contributed by atoms with van der Waals surface area (Å²) in [4.78, 5) is 24.1. The van der Waals surface area contributed by atoms with E-state index < -0.39 is 0 Å². The average Bonchev–Trinajstić information content (AvgIpc) is 3.39. The summed E-state index contributed by atoms with van der Waals surface area (Å²) in [7, 11) is 0. The highest BCUT2D eigenvalue weighted by Gasteiger charge is 2.25. The molecule has 2 aromatic rings. The van der Waals surface area contributed by atoms with Crippen molar-refractivity contribution in [2.45, 2.75) is 64.1 Å². The quantitative estimate of drug-likeness (QED) is 0.867. The lowest BCUT2D eigenvalue weighted by atomic mass is 10.0. The maximum Gasteiger partial charge on any atom is 0.223 e. The second-order valence-corrected chi connectivity index (χ2v) is 8.49. The van der Waals surface area contributed by atoms with Gasteiger partial charge in [-0.3, -0.25) is 4.79 Å². The fourth-order valence-electron chi connectivity index (χ4n) is 4.66. The van der Waals surface area contributed by atoms with E-state index in [1.165, 1.54) is 17.5 Å². The molecular formula is C23H28N4O2. The average molecular weight is 393 g/mol. The van der Waals surface area contributed by atoms with Gasteiger partial charge in [0.15, 0.2) is 0 Å². The highest BCUT2D eigenvalue weighted by Crippen LogP contribution is 2.30. The van der Waals surface area contributed by atoms with Gasteiger partial charge in [-0.1, -0.05) is 12.1 Å². The van der Waals surface area contributed by atoms with Crippen molar-refractivity contribution < 1.29 is 9.53 Å². The van der Waals surface area contributed by atoms with E-state index in [2.05, 4.69) is 29.4 Å². The number of ether oxygens (including phenoxy) is 1. The normalized spacial score (nSPS) is 22.9. The Morgan fingerprint density at radius 2 is 2.28 bits per heavy atom. The number of fused-ring (bicyclic) bond motifs is 2. The van der Waals surface area contributed by atoms with Crippen LogP contribution in [0, 0.1) is 0 Å². The van der Waals surface area contributed by atoms with Crippen molar-refractivity contribution in [2.75, 3.05) is 13.1 Å². The van der Waals surface area contributed by atoms with E-state index in [1.54, 1.807) is 0 Å². The Hall–Kier alpha value is -2.47. The second kappa shape index (κ2) is 7.75. The van der Waals surface area contributed by atoms with Crippen molar-refractivity contribution in [3.63, 3.8) is 0 Å². The number of carbonyl (C=O) groups is 1. The third-order valence-corrected chi connectivity index (χ3v) is 6.27. The fourth-order valence-corrected chi connectivity index (χ4v) is 4.66. The van der Waals surface area contributed by atoms with E-state index in [4.69, 9.17) is 9.72 Å². The van der Waals surface area contributed by atoms with Crippen LogP contribution in [-0.2, 0) is 30.6 Å². The van der Waals surface area contributed by atoms with E-state index in [1.807, 2.05) is 17.2 Å². The van der Waals surface area contributed by atoms with E-state index in [-0.39, 0.29) is 12.0 Å². The lowest BCUT2D eigenvalue weighted by Gasteiger charge is -2.28. The Bertz CT molecular complexity index is 923. The van der Waals surface area contributed by atoms with E-state index in [0.29, 0.717) is 19.0 Å². The molecule has 4 heterocycles. The van der Waals surface area contributed by atoms with Crippen LogP contribution in [0.15, 0.2) is 24.4 Å². The van der Waals surface area contributed by atoms with Crippen LogP contribution < -0.4 is 10.1 Å². The Balaban J connectivity index is 1.19. The summed E-state index contributed by atoms with van der Waals surface area (Å²) in [6.45, 7) is 4.51. The van der Waals surface area contributed by atoms with Crippen molar-refractivity contribution in [1.29, 1.82) is 0 Å². The molecule has 5 rings (SSSR count). The van der Waals surface area contributed by atoms with E-state index in [0.717, 1.165) is 61.6 Å². The summed E-state index contributed by atoms with van der Waals surface area (Å²) in [6, 6.07) is 6.62. The van der Waals surface area contributed by atoms with Gasteiger partial charge in [0.05, 0.1) is 11.7 Å². The molecule has 6 heteroatoms. The van der Waals surface area contributed by atoms with Gasteiger partial charge in [0.1, 0.15) is 17.7 Å². The molecule has 3 aliphatic heterocycles. The molecule has 0 saturated carbocycles. The van der Waals surface area contributed by atoms with Gasteiger partial charge in [-0.25, -0.2) is 9.97 Å². The van der Waals surface area contributed by atoms with Gasteiger partial charge in [0, 0.05) is 44.1 Å². The van der Waals surface area contributed by atoms with Crippen molar-refractivity contribution in [1.82, 2.24) is 20.2 Å². The summed E-state index contributed by atoms with van der Waals surface area (Å²) in [5.74, 6) is 2.12. The Kier molecular flexibility index (Phi) is 4.96. The molecule has 0 unspecified atom stereocenters. The number of amides is 1. The predicted octanol–water partition coefficient (Wildman–Crippen LogP) is 2.74. The number of hydrogen-bond donors (Lipinski definition) is 1. The van der Waals surface area contributed by atoms with Gasteiger partial charge in [-0.05, 0) is 49.9 Å². The zero-order valence-electron chi connectivity index (χ0n) is 17.0. The van der Waals surface area contributed by atoms with Crippen molar-refractivity contribution in [3.8, 4) is 5.75 Å². The maximum atomic E-state index is 12.8. The lowest BCUT2D eigenvalue weighted by molar-refractivity contribution is -0.132. The molecule has 0 spiro atoms. The van der Waals surface area contributed by atoms with Gasteiger partial charge in [0.2, 0.25) is 5.91 Å². The third-order valence-electron chi connectivity index (χ3n) is 6.27. The van der Waals surface area contributed by atoms with Gasteiger partial charge >= 0.3 is 0 Å². The predicted molar refractivity (Wildman–Crippen MR) is 110 cm³/mol.